The maximum Gasteiger partial charge on any atom is 0.118 e. The van der Waals surface area contributed by atoms with Gasteiger partial charge in [0.25, 0.3) is 0 Å². The Bertz CT molecular complexity index is 669. The number of hydrogen-bond donors (Lipinski definition) is 0. The molecule has 0 fully saturated rings. The van der Waals surface area contributed by atoms with Crippen molar-refractivity contribution in [2.45, 2.75) is 4.90 Å². The second-order valence-corrected chi connectivity index (χ2v) is 6.76. The average Bonchev–Trinajstić information content (AvgIpc) is 2.55. The van der Waals surface area contributed by atoms with Gasteiger partial charge in [-0.2, -0.15) is 0 Å². The van der Waals surface area contributed by atoms with E-state index in [1.54, 1.807) is 7.11 Å². The lowest BCUT2D eigenvalue weighted by atomic mass is 10.1. The third-order valence-electron chi connectivity index (χ3n) is 2.97. The number of rotatable bonds is 6. The van der Waals surface area contributed by atoms with Gasteiger partial charge < -0.3 is 9.57 Å². The van der Waals surface area contributed by atoms with Crippen LogP contribution in [-0.4, -0.2) is 29.9 Å². The van der Waals surface area contributed by atoms with Gasteiger partial charge >= 0.3 is 0 Å². The molecule has 2 aromatic rings. The number of methoxy groups -OCH3 is 1. The Morgan fingerprint density at radius 3 is 2.27 bits per heavy atom. The van der Waals surface area contributed by atoms with Crippen LogP contribution < -0.4 is 4.74 Å². The molecule has 1 atom stereocenters. The third-order valence-corrected chi connectivity index (χ3v) is 4.83. The lowest BCUT2D eigenvalue weighted by Gasteiger charge is -2.07. The topological polar surface area (TPSA) is 47.9 Å². The molecule has 0 bridgehead atoms. The number of oxime groups is 1. The van der Waals surface area contributed by atoms with E-state index in [-0.39, 0.29) is 5.75 Å². The maximum atomic E-state index is 12.5. The molecule has 0 N–H and O–H groups in total. The molecular weight excluding hydrogens is 366 g/mol. The molecule has 0 saturated carbocycles. The lowest BCUT2D eigenvalue weighted by molar-refractivity contribution is 0.213. The smallest absolute Gasteiger partial charge is 0.118 e. The predicted molar refractivity (Wildman–Crippen MR) is 92.0 cm³/mol. The molecule has 0 aliphatic heterocycles. The first-order valence-electron chi connectivity index (χ1n) is 6.52. The second kappa shape index (κ2) is 8.10. The minimum atomic E-state index is -1.19. The van der Waals surface area contributed by atoms with Gasteiger partial charge in [-0.05, 0) is 48.5 Å². The van der Waals surface area contributed by atoms with Crippen molar-refractivity contribution in [3.05, 3.63) is 58.6 Å². The van der Waals surface area contributed by atoms with Gasteiger partial charge in [-0.3, -0.25) is 4.21 Å². The fourth-order valence-corrected chi connectivity index (χ4v) is 3.19. The van der Waals surface area contributed by atoms with E-state index in [1.807, 2.05) is 48.5 Å². The number of ether oxygens (including phenoxy) is 1. The average molecular weight is 382 g/mol. The molecule has 0 saturated heterocycles. The summed E-state index contributed by atoms with van der Waals surface area (Å²) in [5, 5.41) is 4.01. The number of halogens is 1. The van der Waals surface area contributed by atoms with Crippen LogP contribution in [0.1, 0.15) is 5.56 Å². The van der Waals surface area contributed by atoms with Crippen molar-refractivity contribution in [2.24, 2.45) is 5.16 Å². The van der Waals surface area contributed by atoms with Gasteiger partial charge in [0.05, 0.1) is 29.4 Å². The van der Waals surface area contributed by atoms with Crippen LogP contribution in [0.5, 0.6) is 5.75 Å². The van der Waals surface area contributed by atoms with Gasteiger partial charge in [0, 0.05) is 14.9 Å². The zero-order valence-corrected chi connectivity index (χ0v) is 14.7. The van der Waals surface area contributed by atoms with Crippen LogP contribution in [0.15, 0.2) is 63.1 Å². The molecule has 116 valence electrons. The van der Waals surface area contributed by atoms with Crippen molar-refractivity contribution >= 4 is 32.4 Å². The van der Waals surface area contributed by atoms with E-state index < -0.39 is 10.8 Å². The minimum Gasteiger partial charge on any atom is -0.497 e. The summed E-state index contributed by atoms with van der Waals surface area (Å²) in [6.07, 6.45) is 0. The van der Waals surface area contributed by atoms with Gasteiger partial charge in [-0.1, -0.05) is 21.1 Å². The van der Waals surface area contributed by atoms with Crippen LogP contribution in [0.25, 0.3) is 0 Å². The minimum absolute atomic E-state index is 0.280. The lowest BCUT2D eigenvalue weighted by Crippen LogP contribution is -2.13. The highest BCUT2D eigenvalue weighted by Gasteiger charge is 2.12. The molecule has 0 aliphatic rings. The molecule has 4 nitrogen and oxygen atoms in total. The van der Waals surface area contributed by atoms with Gasteiger partial charge in [-0.25, -0.2) is 0 Å². The van der Waals surface area contributed by atoms with E-state index in [1.165, 1.54) is 7.11 Å². The van der Waals surface area contributed by atoms with Crippen LogP contribution in [-0.2, 0) is 15.6 Å². The van der Waals surface area contributed by atoms with E-state index in [9.17, 15) is 4.21 Å². The van der Waals surface area contributed by atoms with Crippen molar-refractivity contribution < 1.29 is 13.8 Å². The largest absolute Gasteiger partial charge is 0.497 e. The Hall–Kier alpha value is -1.66. The van der Waals surface area contributed by atoms with Gasteiger partial charge in [0.15, 0.2) is 0 Å². The Kier molecular flexibility index (Phi) is 6.15. The molecule has 0 radical (unpaired) electrons. The summed E-state index contributed by atoms with van der Waals surface area (Å²) in [5.41, 5.74) is 1.49. The summed E-state index contributed by atoms with van der Waals surface area (Å²) in [5.74, 6) is 1.04. The van der Waals surface area contributed by atoms with Crippen LogP contribution in [0, 0.1) is 0 Å². The number of benzene rings is 2. The molecular formula is C16H16BrNO3S. The summed E-state index contributed by atoms with van der Waals surface area (Å²) in [7, 11) is 1.90. The predicted octanol–water partition coefficient (Wildman–Crippen LogP) is 3.62. The molecule has 0 amide bonds. The molecule has 0 aromatic heterocycles. The molecule has 2 aromatic carbocycles. The van der Waals surface area contributed by atoms with Crippen molar-refractivity contribution in [3.63, 3.8) is 0 Å². The Labute approximate surface area is 140 Å². The quantitative estimate of drug-likeness (QED) is 0.567. The fraction of sp³-hybridized carbons (Fsp3) is 0.188. The van der Waals surface area contributed by atoms with E-state index in [2.05, 4.69) is 21.1 Å². The van der Waals surface area contributed by atoms with E-state index in [0.717, 1.165) is 20.7 Å². The third kappa shape index (κ3) is 4.42. The Morgan fingerprint density at radius 2 is 1.73 bits per heavy atom. The first kappa shape index (κ1) is 16.7. The van der Waals surface area contributed by atoms with Gasteiger partial charge in [0.1, 0.15) is 12.9 Å². The van der Waals surface area contributed by atoms with E-state index in [4.69, 9.17) is 9.57 Å². The zero-order valence-electron chi connectivity index (χ0n) is 12.3. The molecule has 2 rings (SSSR count). The second-order valence-electron chi connectivity index (χ2n) is 4.39. The fourth-order valence-electron chi connectivity index (χ4n) is 1.85. The molecule has 0 heterocycles. The van der Waals surface area contributed by atoms with Crippen LogP contribution >= 0.6 is 15.9 Å². The monoisotopic (exact) mass is 381 g/mol. The van der Waals surface area contributed by atoms with Gasteiger partial charge in [0.2, 0.25) is 0 Å². The van der Waals surface area contributed by atoms with Gasteiger partial charge in [-0.15, -0.1) is 0 Å². The number of hydrogen-bond acceptors (Lipinski definition) is 4. The normalized spacial score (nSPS) is 12.8. The number of nitrogens with zero attached hydrogens (tertiary/aromatic N) is 1. The summed E-state index contributed by atoms with van der Waals surface area (Å²) in [4.78, 5) is 5.64. The molecule has 0 spiro atoms. The first-order chi connectivity index (χ1) is 10.6. The summed E-state index contributed by atoms with van der Waals surface area (Å²) in [6.45, 7) is 0. The van der Waals surface area contributed by atoms with E-state index >= 15 is 0 Å². The molecule has 22 heavy (non-hydrogen) atoms. The van der Waals surface area contributed by atoms with Crippen LogP contribution in [0.2, 0.25) is 0 Å². The van der Waals surface area contributed by atoms with Crippen molar-refractivity contribution in [2.75, 3.05) is 20.0 Å². The van der Waals surface area contributed by atoms with Crippen molar-refractivity contribution in [1.82, 2.24) is 0 Å². The summed E-state index contributed by atoms with van der Waals surface area (Å²) >= 11 is 3.37. The van der Waals surface area contributed by atoms with Crippen molar-refractivity contribution in [3.8, 4) is 5.75 Å². The highest BCUT2D eigenvalue weighted by atomic mass is 79.9. The molecule has 6 heteroatoms. The molecule has 0 aliphatic carbocycles. The standard InChI is InChI=1S/C16H16BrNO3S/c1-20-14-7-3-12(4-8-14)16(18-21-2)11-22(19)15-9-5-13(17)6-10-15/h3-10H,11H2,1-2H3/b18-16+/t22-/m1/s1. The summed E-state index contributed by atoms with van der Waals surface area (Å²) in [6, 6.07) is 14.8. The highest BCUT2D eigenvalue weighted by molar-refractivity contribution is 9.10. The van der Waals surface area contributed by atoms with E-state index in [0.29, 0.717) is 5.71 Å². The van der Waals surface area contributed by atoms with Crippen molar-refractivity contribution in [1.29, 1.82) is 0 Å². The molecule has 0 unspecified atom stereocenters. The zero-order chi connectivity index (χ0) is 15.9. The Balaban J connectivity index is 2.19. The maximum absolute atomic E-state index is 12.5. The van der Waals surface area contributed by atoms with Crippen LogP contribution in [0.4, 0.5) is 0 Å². The summed E-state index contributed by atoms with van der Waals surface area (Å²) < 4.78 is 18.6. The highest BCUT2D eigenvalue weighted by Crippen LogP contribution is 2.16. The first-order valence-corrected chi connectivity index (χ1v) is 8.63. The van der Waals surface area contributed by atoms with Crippen LogP contribution in [0.3, 0.4) is 0 Å². The SMILES string of the molecule is CO/N=C(\C[S@@](=O)c1ccc(Br)cc1)c1ccc(OC)cc1. The Morgan fingerprint density at radius 1 is 1.09 bits per heavy atom.